The van der Waals surface area contributed by atoms with E-state index in [0.717, 1.165) is 37.9 Å². The van der Waals surface area contributed by atoms with E-state index in [2.05, 4.69) is 36.2 Å². The van der Waals surface area contributed by atoms with E-state index in [0.29, 0.717) is 43.5 Å². The van der Waals surface area contributed by atoms with Crippen LogP contribution in [0.15, 0.2) is 30.4 Å². The molecule has 1 saturated heterocycles. The molecule has 1 aromatic carbocycles. The van der Waals surface area contributed by atoms with Gasteiger partial charge in [-0.25, -0.2) is 4.79 Å². The summed E-state index contributed by atoms with van der Waals surface area (Å²) in [7, 11) is 3.54. The van der Waals surface area contributed by atoms with E-state index in [1.165, 1.54) is 7.11 Å². The second-order valence-corrected chi connectivity index (χ2v) is 8.89. The van der Waals surface area contributed by atoms with Gasteiger partial charge in [-0.1, -0.05) is 32.1 Å². The van der Waals surface area contributed by atoms with Gasteiger partial charge in [0.15, 0.2) is 11.5 Å². The summed E-state index contributed by atoms with van der Waals surface area (Å²) in [6, 6.07) is 5.23. The molecule has 1 aliphatic rings. The van der Waals surface area contributed by atoms with Crippen molar-refractivity contribution in [3.8, 4) is 11.5 Å². The van der Waals surface area contributed by atoms with E-state index in [1.807, 2.05) is 13.1 Å². The number of carbonyl (C=O) groups excluding carboxylic acids is 2. The Bertz CT molecular complexity index is 797. The van der Waals surface area contributed by atoms with Gasteiger partial charge in [-0.05, 0) is 49.9 Å². The first kappa shape index (κ1) is 26.7. The highest BCUT2D eigenvalue weighted by Gasteiger charge is 2.30. The zero-order valence-corrected chi connectivity index (χ0v) is 20.5. The fourth-order valence-electron chi connectivity index (χ4n) is 3.72. The summed E-state index contributed by atoms with van der Waals surface area (Å²) in [5, 5.41) is 2.94. The first-order valence-electron chi connectivity index (χ1n) is 11.8. The molecule has 0 radical (unpaired) electrons. The number of nitrogens with zero attached hydrogens (tertiary/aromatic N) is 2. The molecule has 1 atom stereocenters. The summed E-state index contributed by atoms with van der Waals surface area (Å²) in [5.74, 6) is 1.39. The molecule has 0 spiro atoms. The third-order valence-electron chi connectivity index (χ3n) is 5.65. The number of hydrogen-bond acceptors (Lipinski definition) is 6. The Kier molecular flexibility index (Phi) is 11.2. The van der Waals surface area contributed by atoms with Gasteiger partial charge in [0.05, 0.1) is 13.2 Å². The highest BCUT2D eigenvalue weighted by Crippen LogP contribution is 2.29. The minimum Gasteiger partial charge on any atom is -0.493 e. The number of allylic oxidation sites excluding steroid dienone is 2. The SMILES string of the molecule is COc1cc(CNC(=O)CCCC/C=C/C(C)C)ccc1OC(=O)N1CCN(C)CC1CN. The Hall–Kier alpha value is -2.58. The average molecular weight is 461 g/mol. The van der Waals surface area contributed by atoms with Crippen LogP contribution in [0.4, 0.5) is 4.79 Å². The van der Waals surface area contributed by atoms with Crippen molar-refractivity contribution < 1.29 is 19.1 Å². The van der Waals surface area contributed by atoms with E-state index < -0.39 is 6.09 Å². The van der Waals surface area contributed by atoms with Crippen LogP contribution in [0.3, 0.4) is 0 Å². The number of ether oxygens (including phenoxy) is 2. The molecule has 8 nitrogen and oxygen atoms in total. The number of likely N-dealkylation sites (N-methyl/N-ethyl adjacent to an activating group) is 1. The van der Waals surface area contributed by atoms with Crippen molar-refractivity contribution in [2.24, 2.45) is 11.7 Å². The van der Waals surface area contributed by atoms with Crippen LogP contribution in [0, 0.1) is 5.92 Å². The minimum atomic E-state index is -0.429. The number of nitrogens with two attached hydrogens (primary N) is 1. The largest absolute Gasteiger partial charge is 0.493 e. The molecule has 0 aromatic heterocycles. The smallest absolute Gasteiger partial charge is 0.415 e. The van der Waals surface area contributed by atoms with Crippen LogP contribution in [-0.4, -0.2) is 68.2 Å². The first-order chi connectivity index (χ1) is 15.8. The average Bonchev–Trinajstić information content (AvgIpc) is 2.80. The normalized spacial score (nSPS) is 16.9. The fourth-order valence-corrected chi connectivity index (χ4v) is 3.72. The maximum Gasteiger partial charge on any atom is 0.415 e. The van der Waals surface area contributed by atoms with Gasteiger partial charge in [-0.3, -0.25) is 4.79 Å². The topological polar surface area (TPSA) is 97.1 Å². The van der Waals surface area contributed by atoms with E-state index in [9.17, 15) is 9.59 Å². The van der Waals surface area contributed by atoms with Crippen LogP contribution in [0.1, 0.15) is 45.1 Å². The standard InChI is InChI=1S/C25H40N4O4/c1-19(2)9-7-5-6-8-10-24(30)27-17-20-11-12-22(23(15-20)32-4)33-25(31)29-14-13-28(3)18-21(29)16-26/h7,9,11-12,15,19,21H,5-6,8,10,13-14,16-18,26H2,1-4H3,(H,27,30)/b9-7+. The molecule has 1 aromatic rings. The van der Waals surface area contributed by atoms with Crippen LogP contribution in [0.5, 0.6) is 11.5 Å². The number of unbranched alkanes of at least 4 members (excludes halogenated alkanes) is 2. The van der Waals surface area contributed by atoms with Crippen molar-refractivity contribution in [3.63, 3.8) is 0 Å². The first-order valence-corrected chi connectivity index (χ1v) is 11.8. The van der Waals surface area contributed by atoms with E-state index in [1.54, 1.807) is 17.0 Å². The van der Waals surface area contributed by atoms with Crippen LogP contribution < -0.4 is 20.5 Å². The molecule has 0 saturated carbocycles. The predicted octanol–water partition coefficient (Wildman–Crippen LogP) is 3.16. The van der Waals surface area contributed by atoms with E-state index in [-0.39, 0.29) is 11.9 Å². The molecule has 0 bridgehead atoms. The quantitative estimate of drug-likeness (QED) is 0.389. The number of hydrogen-bond donors (Lipinski definition) is 2. The molecule has 1 heterocycles. The van der Waals surface area contributed by atoms with Crippen molar-refractivity contribution in [1.82, 2.24) is 15.1 Å². The molecule has 3 N–H and O–H groups in total. The lowest BCUT2D eigenvalue weighted by Gasteiger charge is -2.38. The molecule has 0 aliphatic carbocycles. The van der Waals surface area contributed by atoms with Gasteiger partial charge in [-0.15, -0.1) is 0 Å². The summed E-state index contributed by atoms with van der Waals surface area (Å²) >= 11 is 0. The third-order valence-corrected chi connectivity index (χ3v) is 5.65. The predicted molar refractivity (Wildman–Crippen MR) is 130 cm³/mol. The minimum absolute atomic E-state index is 0.0280. The van der Waals surface area contributed by atoms with Gasteiger partial charge in [-0.2, -0.15) is 0 Å². The molecule has 1 unspecified atom stereocenters. The monoisotopic (exact) mass is 460 g/mol. The van der Waals surface area contributed by atoms with Crippen LogP contribution in [-0.2, 0) is 11.3 Å². The zero-order chi connectivity index (χ0) is 24.2. The van der Waals surface area contributed by atoms with Gasteiger partial charge >= 0.3 is 6.09 Å². The summed E-state index contributed by atoms with van der Waals surface area (Å²) in [5.41, 5.74) is 6.72. The number of methoxy groups -OCH3 is 1. The highest BCUT2D eigenvalue weighted by molar-refractivity contribution is 5.76. The lowest BCUT2D eigenvalue weighted by atomic mass is 10.1. The fraction of sp³-hybridized carbons (Fsp3) is 0.600. The van der Waals surface area contributed by atoms with Crippen molar-refractivity contribution in [2.75, 3.05) is 40.3 Å². The lowest BCUT2D eigenvalue weighted by Crippen LogP contribution is -2.57. The highest BCUT2D eigenvalue weighted by atomic mass is 16.6. The second-order valence-electron chi connectivity index (χ2n) is 8.89. The maximum atomic E-state index is 12.7. The van der Waals surface area contributed by atoms with Gasteiger partial charge in [0.1, 0.15) is 0 Å². The zero-order valence-electron chi connectivity index (χ0n) is 20.5. The summed E-state index contributed by atoms with van der Waals surface area (Å²) in [6.45, 7) is 7.14. The number of nitrogens with one attached hydrogen (secondary N) is 1. The number of amides is 2. The van der Waals surface area contributed by atoms with Gasteiger partial charge < -0.3 is 30.3 Å². The molecule has 33 heavy (non-hydrogen) atoms. The molecule has 1 fully saturated rings. The second kappa shape index (κ2) is 13.9. The van der Waals surface area contributed by atoms with E-state index >= 15 is 0 Å². The third kappa shape index (κ3) is 9.06. The Morgan fingerprint density at radius 3 is 2.73 bits per heavy atom. The van der Waals surface area contributed by atoms with E-state index in [4.69, 9.17) is 15.2 Å². The molecule has 2 rings (SSSR count). The number of benzene rings is 1. The Morgan fingerprint density at radius 1 is 1.24 bits per heavy atom. The summed E-state index contributed by atoms with van der Waals surface area (Å²) in [4.78, 5) is 28.7. The molecule has 2 amide bonds. The van der Waals surface area contributed by atoms with Crippen molar-refractivity contribution in [2.45, 2.75) is 52.1 Å². The van der Waals surface area contributed by atoms with Crippen LogP contribution >= 0.6 is 0 Å². The Balaban J connectivity index is 1.83. The van der Waals surface area contributed by atoms with Gasteiger partial charge in [0.25, 0.3) is 0 Å². The van der Waals surface area contributed by atoms with Gasteiger partial charge in [0, 0.05) is 39.1 Å². The van der Waals surface area contributed by atoms with Crippen LogP contribution in [0.25, 0.3) is 0 Å². The number of piperazine rings is 1. The molecule has 1 aliphatic heterocycles. The Labute approximate surface area is 198 Å². The molecular weight excluding hydrogens is 420 g/mol. The Morgan fingerprint density at radius 2 is 2.03 bits per heavy atom. The summed E-state index contributed by atoms with van der Waals surface area (Å²) < 4.78 is 11.0. The molecule has 184 valence electrons. The van der Waals surface area contributed by atoms with Crippen molar-refractivity contribution in [3.05, 3.63) is 35.9 Å². The van der Waals surface area contributed by atoms with Crippen LogP contribution in [0.2, 0.25) is 0 Å². The lowest BCUT2D eigenvalue weighted by molar-refractivity contribution is -0.121. The summed E-state index contributed by atoms with van der Waals surface area (Å²) in [6.07, 6.45) is 7.32. The van der Waals surface area contributed by atoms with Crippen molar-refractivity contribution >= 4 is 12.0 Å². The number of rotatable bonds is 11. The molecule has 8 heteroatoms. The van der Waals surface area contributed by atoms with Gasteiger partial charge in [0.2, 0.25) is 5.91 Å². The molecular formula is C25H40N4O4. The van der Waals surface area contributed by atoms with Crippen molar-refractivity contribution in [1.29, 1.82) is 0 Å². The maximum absolute atomic E-state index is 12.7. The number of carbonyl (C=O) groups is 2.